The Morgan fingerprint density at radius 1 is 1.50 bits per heavy atom. The van der Waals surface area contributed by atoms with Crippen molar-refractivity contribution in [3.8, 4) is 0 Å². The van der Waals surface area contributed by atoms with E-state index >= 15 is 0 Å². The maximum absolute atomic E-state index is 4.45. The zero-order chi connectivity index (χ0) is 11.4. The molecule has 1 fully saturated rings. The molecule has 1 aromatic rings. The highest BCUT2D eigenvalue weighted by Gasteiger charge is 2.32. The molecule has 1 aliphatic rings. The monoisotopic (exact) mass is 218 g/mol. The smallest absolute Gasteiger partial charge is 0.0573 e. The summed E-state index contributed by atoms with van der Waals surface area (Å²) in [7, 11) is 0. The molecule has 1 saturated carbocycles. The number of pyridine rings is 1. The van der Waals surface area contributed by atoms with Crippen molar-refractivity contribution in [2.75, 3.05) is 6.54 Å². The third kappa shape index (κ3) is 3.05. The van der Waals surface area contributed by atoms with Gasteiger partial charge in [-0.3, -0.25) is 4.98 Å². The van der Waals surface area contributed by atoms with Crippen LogP contribution in [0.2, 0.25) is 0 Å². The van der Waals surface area contributed by atoms with Gasteiger partial charge in [-0.1, -0.05) is 26.3 Å². The van der Waals surface area contributed by atoms with Crippen LogP contribution in [-0.2, 0) is 0 Å². The van der Waals surface area contributed by atoms with Crippen LogP contribution in [-0.4, -0.2) is 11.5 Å². The average Bonchev–Trinajstić information content (AvgIpc) is 3.02. The maximum Gasteiger partial charge on any atom is 0.0573 e. The molecular formula is C14H22N2. The van der Waals surface area contributed by atoms with Crippen molar-refractivity contribution >= 4 is 0 Å². The lowest BCUT2D eigenvalue weighted by Gasteiger charge is -2.17. The molecule has 2 heteroatoms. The first-order chi connectivity index (χ1) is 7.81. The molecule has 0 radical (unpaired) electrons. The van der Waals surface area contributed by atoms with E-state index in [2.05, 4.69) is 36.3 Å². The minimum Gasteiger partial charge on any atom is -0.308 e. The molecule has 0 aromatic carbocycles. The summed E-state index contributed by atoms with van der Waals surface area (Å²) in [5.41, 5.74) is 1.19. The van der Waals surface area contributed by atoms with Gasteiger partial charge in [0, 0.05) is 12.2 Å². The molecule has 88 valence electrons. The second kappa shape index (κ2) is 5.44. The fourth-order valence-electron chi connectivity index (χ4n) is 2.20. The summed E-state index contributed by atoms with van der Waals surface area (Å²) in [5.74, 6) is 1.83. The van der Waals surface area contributed by atoms with Crippen molar-refractivity contribution in [2.24, 2.45) is 11.8 Å². The Kier molecular flexibility index (Phi) is 3.94. The third-order valence-corrected chi connectivity index (χ3v) is 3.52. The molecule has 0 aliphatic heterocycles. The summed E-state index contributed by atoms with van der Waals surface area (Å²) >= 11 is 0. The average molecular weight is 218 g/mol. The summed E-state index contributed by atoms with van der Waals surface area (Å²) in [6.45, 7) is 5.72. The van der Waals surface area contributed by atoms with Crippen LogP contribution in [0.15, 0.2) is 24.4 Å². The summed E-state index contributed by atoms with van der Waals surface area (Å²) in [4.78, 5) is 4.45. The molecular weight excluding hydrogens is 196 g/mol. The Labute approximate surface area is 98.5 Å². The molecule has 3 unspecified atom stereocenters. The summed E-state index contributed by atoms with van der Waals surface area (Å²) < 4.78 is 0. The molecule has 0 amide bonds. The molecule has 1 heterocycles. The van der Waals surface area contributed by atoms with Crippen molar-refractivity contribution in [3.05, 3.63) is 30.1 Å². The molecule has 0 spiro atoms. The highest BCUT2D eigenvalue weighted by atomic mass is 14.9. The Bertz CT molecular complexity index is 310. The van der Waals surface area contributed by atoms with Crippen molar-refractivity contribution in [3.63, 3.8) is 0 Å². The second-order valence-corrected chi connectivity index (χ2v) is 4.98. The van der Waals surface area contributed by atoms with Gasteiger partial charge in [-0.2, -0.15) is 0 Å². The van der Waals surface area contributed by atoms with Gasteiger partial charge in [0.25, 0.3) is 0 Å². The molecule has 0 saturated heterocycles. The van der Waals surface area contributed by atoms with Gasteiger partial charge in [0.2, 0.25) is 0 Å². The SMILES string of the molecule is CCCC(NCC1CC1C)c1ccccn1. The highest BCUT2D eigenvalue weighted by Crippen LogP contribution is 2.37. The predicted octanol–water partition coefficient (Wildman–Crippen LogP) is 3.17. The number of aromatic nitrogens is 1. The molecule has 2 nitrogen and oxygen atoms in total. The predicted molar refractivity (Wildman–Crippen MR) is 67.2 cm³/mol. The molecule has 16 heavy (non-hydrogen) atoms. The van der Waals surface area contributed by atoms with E-state index in [1.54, 1.807) is 0 Å². The lowest BCUT2D eigenvalue weighted by molar-refractivity contribution is 0.465. The molecule has 2 rings (SSSR count). The van der Waals surface area contributed by atoms with Crippen LogP contribution in [0.5, 0.6) is 0 Å². The van der Waals surface area contributed by atoms with E-state index in [0.717, 1.165) is 18.4 Å². The minimum absolute atomic E-state index is 0.444. The van der Waals surface area contributed by atoms with Gasteiger partial charge in [0.1, 0.15) is 0 Å². The van der Waals surface area contributed by atoms with Crippen LogP contribution in [0.4, 0.5) is 0 Å². The van der Waals surface area contributed by atoms with Gasteiger partial charge in [-0.25, -0.2) is 0 Å². The first kappa shape index (κ1) is 11.6. The van der Waals surface area contributed by atoms with Gasteiger partial charge < -0.3 is 5.32 Å². The number of hydrogen-bond donors (Lipinski definition) is 1. The largest absolute Gasteiger partial charge is 0.308 e. The zero-order valence-corrected chi connectivity index (χ0v) is 10.3. The first-order valence-electron chi connectivity index (χ1n) is 6.45. The van der Waals surface area contributed by atoms with Crippen molar-refractivity contribution in [1.82, 2.24) is 10.3 Å². The molecule has 0 bridgehead atoms. The standard InChI is InChI=1S/C14H22N2/c1-3-6-13(14-7-4-5-8-15-14)16-10-12-9-11(12)2/h4-5,7-8,11-13,16H,3,6,9-10H2,1-2H3. The van der Waals surface area contributed by atoms with Gasteiger partial charge >= 0.3 is 0 Å². The number of hydrogen-bond acceptors (Lipinski definition) is 2. The Hall–Kier alpha value is -0.890. The Morgan fingerprint density at radius 2 is 2.31 bits per heavy atom. The van der Waals surface area contributed by atoms with Crippen LogP contribution in [0, 0.1) is 11.8 Å². The van der Waals surface area contributed by atoms with E-state index in [1.807, 2.05) is 12.3 Å². The summed E-state index contributed by atoms with van der Waals surface area (Å²) in [5, 5.41) is 3.67. The quantitative estimate of drug-likeness (QED) is 0.793. The summed E-state index contributed by atoms with van der Waals surface area (Å²) in [6.07, 6.45) is 5.67. The van der Waals surface area contributed by atoms with Gasteiger partial charge in [0.15, 0.2) is 0 Å². The molecule has 1 N–H and O–H groups in total. The lowest BCUT2D eigenvalue weighted by Crippen LogP contribution is -2.24. The maximum atomic E-state index is 4.45. The van der Waals surface area contributed by atoms with Crippen molar-refractivity contribution < 1.29 is 0 Å². The normalized spacial score (nSPS) is 25.4. The van der Waals surface area contributed by atoms with E-state index in [4.69, 9.17) is 0 Å². The number of nitrogens with zero attached hydrogens (tertiary/aromatic N) is 1. The van der Waals surface area contributed by atoms with E-state index in [9.17, 15) is 0 Å². The van der Waals surface area contributed by atoms with E-state index in [-0.39, 0.29) is 0 Å². The van der Waals surface area contributed by atoms with Crippen LogP contribution in [0.25, 0.3) is 0 Å². The van der Waals surface area contributed by atoms with Gasteiger partial charge in [-0.15, -0.1) is 0 Å². The first-order valence-corrected chi connectivity index (χ1v) is 6.45. The lowest BCUT2D eigenvalue weighted by atomic mass is 10.1. The van der Waals surface area contributed by atoms with Crippen LogP contribution >= 0.6 is 0 Å². The fraction of sp³-hybridized carbons (Fsp3) is 0.643. The topological polar surface area (TPSA) is 24.9 Å². The van der Waals surface area contributed by atoms with Crippen molar-refractivity contribution in [2.45, 2.75) is 39.2 Å². The van der Waals surface area contributed by atoms with Crippen LogP contribution in [0.3, 0.4) is 0 Å². The fourth-order valence-corrected chi connectivity index (χ4v) is 2.20. The molecule has 1 aromatic heterocycles. The minimum atomic E-state index is 0.444. The van der Waals surface area contributed by atoms with E-state index in [1.165, 1.54) is 25.0 Å². The van der Waals surface area contributed by atoms with Crippen LogP contribution < -0.4 is 5.32 Å². The van der Waals surface area contributed by atoms with E-state index < -0.39 is 0 Å². The van der Waals surface area contributed by atoms with Gasteiger partial charge in [0.05, 0.1) is 5.69 Å². The Balaban J connectivity index is 1.89. The molecule has 1 aliphatic carbocycles. The van der Waals surface area contributed by atoms with E-state index in [0.29, 0.717) is 6.04 Å². The summed E-state index contributed by atoms with van der Waals surface area (Å²) in [6, 6.07) is 6.63. The Morgan fingerprint density at radius 3 is 2.88 bits per heavy atom. The zero-order valence-electron chi connectivity index (χ0n) is 10.3. The third-order valence-electron chi connectivity index (χ3n) is 3.52. The molecule has 3 atom stereocenters. The second-order valence-electron chi connectivity index (χ2n) is 4.98. The highest BCUT2D eigenvalue weighted by molar-refractivity contribution is 5.08. The number of nitrogens with one attached hydrogen (secondary N) is 1. The van der Waals surface area contributed by atoms with Crippen LogP contribution in [0.1, 0.15) is 44.8 Å². The number of rotatable bonds is 6. The van der Waals surface area contributed by atoms with Gasteiger partial charge in [-0.05, 0) is 43.4 Å². The van der Waals surface area contributed by atoms with Crippen molar-refractivity contribution in [1.29, 1.82) is 0 Å².